The third kappa shape index (κ3) is 4.79. The lowest BCUT2D eigenvalue weighted by Crippen LogP contribution is -2.16. The van der Waals surface area contributed by atoms with Gasteiger partial charge in [0.25, 0.3) is 0 Å². The number of carbonyl (C=O) groups is 1. The van der Waals surface area contributed by atoms with E-state index in [4.69, 9.17) is 10.00 Å². The van der Waals surface area contributed by atoms with E-state index in [1.165, 1.54) is 12.1 Å². The number of carbonyl (C=O) groups excluding carboxylic acids is 1. The summed E-state index contributed by atoms with van der Waals surface area (Å²) in [6.45, 7) is 2.16. The number of aromatic amines is 1. The average molecular weight is 427 g/mol. The number of hydrogen-bond donors (Lipinski definition) is 2. The van der Waals surface area contributed by atoms with Gasteiger partial charge in [0, 0.05) is 27.8 Å². The van der Waals surface area contributed by atoms with Crippen LogP contribution >= 0.6 is 0 Å². The molecule has 0 aliphatic rings. The van der Waals surface area contributed by atoms with Gasteiger partial charge >= 0.3 is 0 Å². The number of aryl methyl sites for hydroxylation is 1. The summed E-state index contributed by atoms with van der Waals surface area (Å²) in [6.07, 6.45) is 0.489. The Morgan fingerprint density at radius 3 is 2.69 bits per heavy atom. The molecule has 0 bridgehead atoms. The van der Waals surface area contributed by atoms with Crippen molar-refractivity contribution < 1.29 is 13.9 Å². The second kappa shape index (κ2) is 9.36. The topological polar surface area (TPSA) is 77.9 Å². The van der Waals surface area contributed by atoms with Crippen molar-refractivity contribution in [2.45, 2.75) is 26.4 Å². The van der Waals surface area contributed by atoms with Gasteiger partial charge in [-0.1, -0.05) is 30.3 Å². The molecule has 0 fully saturated rings. The van der Waals surface area contributed by atoms with E-state index in [1.54, 1.807) is 6.07 Å². The Morgan fingerprint density at radius 2 is 1.91 bits per heavy atom. The predicted molar refractivity (Wildman–Crippen MR) is 122 cm³/mol. The van der Waals surface area contributed by atoms with Gasteiger partial charge in [0.05, 0.1) is 18.9 Å². The molecule has 0 unspecified atom stereocenters. The van der Waals surface area contributed by atoms with Gasteiger partial charge in [-0.05, 0) is 54.4 Å². The van der Waals surface area contributed by atoms with Crippen LogP contribution in [-0.4, -0.2) is 10.9 Å². The molecule has 0 spiro atoms. The Morgan fingerprint density at radius 1 is 1.12 bits per heavy atom. The van der Waals surface area contributed by atoms with Crippen LogP contribution < -0.4 is 10.1 Å². The monoisotopic (exact) mass is 427 g/mol. The van der Waals surface area contributed by atoms with Crippen LogP contribution in [-0.2, 0) is 24.2 Å². The van der Waals surface area contributed by atoms with Gasteiger partial charge in [0.1, 0.15) is 18.2 Å². The summed E-state index contributed by atoms with van der Waals surface area (Å²) in [6, 6.07) is 21.5. The van der Waals surface area contributed by atoms with Crippen LogP contribution in [0.3, 0.4) is 0 Å². The lowest BCUT2D eigenvalue weighted by atomic mass is 10.1. The molecule has 0 saturated carbocycles. The SMILES string of the molecule is Cc1[nH]c2ccc(F)cc2c1CC(=O)Nc1ccccc1COc1ccc(CC#N)cc1. The fourth-order valence-corrected chi connectivity index (χ4v) is 3.66. The van der Waals surface area contributed by atoms with Crippen LogP contribution in [0.25, 0.3) is 10.9 Å². The molecule has 1 amide bonds. The van der Waals surface area contributed by atoms with Gasteiger partial charge in [0.2, 0.25) is 5.91 Å². The number of nitrogens with one attached hydrogen (secondary N) is 2. The molecule has 5 nitrogen and oxygen atoms in total. The molecule has 160 valence electrons. The van der Waals surface area contributed by atoms with Crippen molar-refractivity contribution in [1.29, 1.82) is 5.26 Å². The number of halogens is 1. The molecule has 3 aromatic carbocycles. The normalized spacial score (nSPS) is 10.7. The first-order valence-electron chi connectivity index (χ1n) is 10.3. The second-order valence-corrected chi connectivity index (χ2v) is 7.57. The van der Waals surface area contributed by atoms with Crippen LogP contribution in [0.5, 0.6) is 5.75 Å². The first kappa shape index (κ1) is 21.1. The van der Waals surface area contributed by atoms with Crippen LogP contribution in [0.15, 0.2) is 66.7 Å². The van der Waals surface area contributed by atoms with Crippen molar-refractivity contribution in [3.63, 3.8) is 0 Å². The van der Waals surface area contributed by atoms with Crippen molar-refractivity contribution in [2.24, 2.45) is 0 Å². The maximum Gasteiger partial charge on any atom is 0.228 e. The van der Waals surface area contributed by atoms with E-state index in [9.17, 15) is 9.18 Å². The summed E-state index contributed by atoms with van der Waals surface area (Å²) < 4.78 is 19.6. The Balaban J connectivity index is 1.45. The zero-order chi connectivity index (χ0) is 22.5. The van der Waals surface area contributed by atoms with Crippen molar-refractivity contribution >= 4 is 22.5 Å². The minimum atomic E-state index is -0.332. The third-order valence-corrected chi connectivity index (χ3v) is 5.31. The molecule has 6 heteroatoms. The second-order valence-electron chi connectivity index (χ2n) is 7.57. The number of hydrogen-bond acceptors (Lipinski definition) is 3. The van der Waals surface area contributed by atoms with Gasteiger partial charge in [-0.25, -0.2) is 4.39 Å². The number of nitrogens with zero attached hydrogens (tertiary/aromatic N) is 1. The van der Waals surface area contributed by atoms with Gasteiger partial charge in [-0.3, -0.25) is 4.79 Å². The number of aromatic nitrogens is 1. The summed E-state index contributed by atoms with van der Waals surface area (Å²) in [5.74, 6) is 0.164. The Kier molecular flexibility index (Phi) is 6.18. The van der Waals surface area contributed by atoms with Crippen molar-refractivity contribution in [2.75, 3.05) is 5.32 Å². The summed E-state index contributed by atoms with van der Waals surface area (Å²) in [7, 11) is 0. The van der Waals surface area contributed by atoms with Crippen molar-refractivity contribution in [1.82, 2.24) is 4.98 Å². The predicted octanol–water partition coefficient (Wildman–Crippen LogP) is 5.44. The number of anilines is 1. The van der Waals surface area contributed by atoms with Gasteiger partial charge < -0.3 is 15.0 Å². The number of ether oxygens (including phenoxy) is 1. The molecule has 32 heavy (non-hydrogen) atoms. The zero-order valence-electron chi connectivity index (χ0n) is 17.6. The average Bonchev–Trinajstić information content (AvgIpc) is 3.08. The third-order valence-electron chi connectivity index (χ3n) is 5.31. The minimum Gasteiger partial charge on any atom is -0.489 e. The quantitative estimate of drug-likeness (QED) is 0.412. The standard InChI is InChI=1S/C26H22FN3O2/c1-17-22(23-14-20(27)8-11-25(23)29-17)15-26(31)30-24-5-3-2-4-19(24)16-32-21-9-6-18(7-10-21)12-13-28/h2-11,14,29H,12,15-16H2,1H3,(H,30,31). The van der Waals surface area contributed by atoms with Gasteiger partial charge in [0.15, 0.2) is 0 Å². The highest BCUT2D eigenvalue weighted by Gasteiger charge is 2.14. The Labute approximate surface area is 185 Å². The fourth-order valence-electron chi connectivity index (χ4n) is 3.66. The number of H-pyrrole nitrogens is 1. The van der Waals surface area contributed by atoms with E-state index in [1.807, 2.05) is 55.5 Å². The number of nitriles is 1. The van der Waals surface area contributed by atoms with E-state index in [2.05, 4.69) is 16.4 Å². The summed E-state index contributed by atoms with van der Waals surface area (Å²) >= 11 is 0. The largest absolute Gasteiger partial charge is 0.489 e. The van der Waals surface area contributed by atoms with Crippen LogP contribution in [0.2, 0.25) is 0 Å². The first-order valence-corrected chi connectivity index (χ1v) is 10.3. The minimum absolute atomic E-state index is 0.130. The van der Waals surface area contributed by atoms with E-state index < -0.39 is 0 Å². The van der Waals surface area contributed by atoms with Gasteiger partial charge in [-0.15, -0.1) is 0 Å². The van der Waals surface area contributed by atoms with Crippen LogP contribution in [0.1, 0.15) is 22.4 Å². The zero-order valence-corrected chi connectivity index (χ0v) is 17.6. The Bertz CT molecular complexity index is 1300. The molecule has 1 heterocycles. The number of amides is 1. The van der Waals surface area contributed by atoms with E-state index >= 15 is 0 Å². The van der Waals surface area contributed by atoms with Crippen molar-refractivity contribution in [3.8, 4) is 11.8 Å². The number of fused-ring (bicyclic) bond motifs is 1. The molecule has 1 aromatic heterocycles. The molecule has 0 radical (unpaired) electrons. The summed E-state index contributed by atoms with van der Waals surface area (Å²) in [4.78, 5) is 16.0. The van der Waals surface area contributed by atoms with Crippen LogP contribution in [0.4, 0.5) is 10.1 Å². The molecule has 2 N–H and O–H groups in total. The van der Waals surface area contributed by atoms with Gasteiger partial charge in [-0.2, -0.15) is 5.26 Å². The molecule has 0 aliphatic heterocycles. The lowest BCUT2D eigenvalue weighted by Gasteiger charge is -2.13. The van der Waals surface area contributed by atoms with E-state index in [-0.39, 0.29) is 24.8 Å². The fraction of sp³-hybridized carbons (Fsp3) is 0.154. The lowest BCUT2D eigenvalue weighted by molar-refractivity contribution is -0.115. The van der Waals surface area contributed by atoms with E-state index in [0.29, 0.717) is 23.2 Å². The maximum absolute atomic E-state index is 13.7. The number of benzene rings is 3. The molecule has 0 saturated heterocycles. The van der Waals surface area contributed by atoms with Crippen LogP contribution in [0, 0.1) is 24.1 Å². The summed E-state index contributed by atoms with van der Waals surface area (Å²) in [5.41, 5.74) is 4.87. The highest BCUT2D eigenvalue weighted by Crippen LogP contribution is 2.25. The number of para-hydroxylation sites is 1. The number of rotatable bonds is 7. The maximum atomic E-state index is 13.7. The Hall–Kier alpha value is -4.11. The highest BCUT2D eigenvalue weighted by atomic mass is 19.1. The molecule has 0 atom stereocenters. The van der Waals surface area contributed by atoms with E-state index in [0.717, 1.165) is 27.9 Å². The highest BCUT2D eigenvalue weighted by molar-refractivity contribution is 5.96. The molecular weight excluding hydrogens is 405 g/mol. The summed E-state index contributed by atoms with van der Waals surface area (Å²) in [5, 5.41) is 12.4. The molecular formula is C26H22FN3O2. The molecule has 4 rings (SSSR count). The molecule has 4 aromatic rings. The first-order chi connectivity index (χ1) is 15.5. The molecule has 0 aliphatic carbocycles. The van der Waals surface area contributed by atoms with Crippen molar-refractivity contribution in [3.05, 3.63) is 94.9 Å². The smallest absolute Gasteiger partial charge is 0.228 e.